The van der Waals surface area contributed by atoms with Crippen LogP contribution in [0.25, 0.3) is 6.08 Å². The second-order valence-corrected chi connectivity index (χ2v) is 8.24. The molecule has 2 aromatic carbocycles. The normalized spacial score (nSPS) is 14.7. The molecule has 0 saturated carbocycles. The van der Waals surface area contributed by atoms with Crippen LogP contribution < -0.4 is 0 Å². The van der Waals surface area contributed by atoms with Crippen LogP contribution in [0.2, 0.25) is 0 Å². The Kier molecular flexibility index (Phi) is 10.3. The predicted octanol–water partition coefficient (Wildman–Crippen LogP) is 3.62. The fourth-order valence-electron chi connectivity index (χ4n) is 3.82. The lowest BCUT2D eigenvalue weighted by Gasteiger charge is -2.33. The minimum atomic E-state index is -1.82. The van der Waals surface area contributed by atoms with Crippen molar-refractivity contribution in [3.63, 3.8) is 0 Å². The average molecular weight is 453 g/mol. The lowest BCUT2D eigenvalue weighted by molar-refractivity contribution is -0.159. The predicted molar refractivity (Wildman–Crippen MR) is 127 cm³/mol. The molecule has 33 heavy (non-hydrogen) atoms. The number of carbonyl (C=O) groups excluding carboxylic acids is 1. The van der Waals surface area contributed by atoms with Crippen molar-refractivity contribution in [2.45, 2.75) is 26.3 Å². The fourth-order valence-corrected chi connectivity index (χ4v) is 3.82. The molecular formula is C26H32N2O5. The second-order valence-electron chi connectivity index (χ2n) is 8.24. The Bertz CT molecular complexity index is 924. The lowest BCUT2D eigenvalue weighted by Crippen LogP contribution is -2.41. The van der Waals surface area contributed by atoms with Crippen molar-refractivity contribution in [2.24, 2.45) is 5.92 Å². The quantitative estimate of drug-likeness (QED) is 0.650. The summed E-state index contributed by atoms with van der Waals surface area (Å²) in [4.78, 5) is 35.3. The second kappa shape index (κ2) is 13.2. The SMILES string of the molecule is CC(=Cc1ccccc1)CN1CCC(C(=O)N(C)Cc2ccccc2)CC1.O=C(O)C(=O)O. The van der Waals surface area contributed by atoms with Gasteiger partial charge >= 0.3 is 11.9 Å². The Morgan fingerprint density at radius 1 is 0.939 bits per heavy atom. The molecule has 1 amide bonds. The van der Waals surface area contributed by atoms with Crippen molar-refractivity contribution in [3.05, 3.63) is 77.4 Å². The molecule has 2 aromatic rings. The zero-order valence-corrected chi connectivity index (χ0v) is 19.2. The van der Waals surface area contributed by atoms with Crippen LogP contribution in [-0.4, -0.2) is 64.5 Å². The van der Waals surface area contributed by atoms with Gasteiger partial charge in [0.1, 0.15) is 0 Å². The third kappa shape index (κ3) is 9.29. The van der Waals surface area contributed by atoms with Gasteiger partial charge in [-0.1, -0.05) is 72.3 Å². The summed E-state index contributed by atoms with van der Waals surface area (Å²) in [6, 6.07) is 20.7. The largest absolute Gasteiger partial charge is 0.473 e. The standard InChI is InChI=1S/C24H30N2O.C2H2O4/c1-20(17-21-9-5-3-6-10-21)18-26-15-13-23(14-16-26)24(27)25(2)19-22-11-7-4-8-12-22;3-1(4)2(5)6/h3-12,17,23H,13-16,18-19H2,1-2H3;(H,3,4)(H,5,6). The van der Waals surface area contributed by atoms with E-state index in [1.54, 1.807) is 0 Å². The van der Waals surface area contributed by atoms with Gasteiger partial charge in [0.05, 0.1) is 0 Å². The summed E-state index contributed by atoms with van der Waals surface area (Å²) < 4.78 is 0. The van der Waals surface area contributed by atoms with Crippen molar-refractivity contribution < 1.29 is 24.6 Å². The van der Waals surface area contributed by atoms with Crippen molar-refractivity contribution in [2.75, 3.05) is 26.7 Å². The van der Waals surface area contributed by atoms with Gasteiger partial charge in [0.15, 0.2) is 0 Å². The smallest absolute Gasteiger partial charge is 0.414 e. The molecule has 0 atom stereocenters. The fraction of sp³-hybridized carbons (Fsp3) is 0.346. The molecule has 7 nitrogen and oxygen atoms in total. The van der Waals surface area contributed by atoms with Crippen molar-refractivity contribution in [1.82, 2.24) is 9.80 Å². The van der Waals surface area contributed by atoms with E-state index >= 15 is 0 Å². The molecule has 1 saturated heterocycles. The van der Waals surface area contributed by atoms with Crippen molar-refractivity contribution in [3.8, 4) is 0 Å². The topological polar surface area (TPSA) is 98.2 Å². The highest BCUT2D eigenvalue weighted by Gasteiger charge is 2.27. The van der Waals surface area contributed by atoms with Gasteiger partial charge in [-0.15, -0.1) is 0 Å². The highest BCUT2D eigenvalue weighted by atomic mass is 16.4. The molecule has 1 aliphatic heterocycles. The first-order valence-corrected chi connectivity index (χ1v) is 11.0. The summed E-state index contributed by atoms with van der Waals surface area (Å²) in [5.41, 5.74) is 3.81. The summed E-state index contributed by atoms with van der Waals surface area (Å²) >= 11 is 0. The van der Waals surface area contributed by atoms with E-state index in [4.69, 9.17) is 19.8 Å². The maximum atomic E-state index is 12.8. The van der Waals surface area contributed by atoms with E-state index in [1.807, 2.05) is 36.2 Å². The third-order valence-corrected chi connectivity index (χ3v) is 5.44. The lowest BCUT2D eigenvalue weighted by atomic mass is 9.95. The zero-order chi connectivity index (χ0) is 24.2. The number of benzene rings is 2. The van der Waals surface area contributed by atoms with Gasteiger partial charge in [-0.25, -0.2) is 9.59 Å². The van der Waals surface area contributed by atoms with Crippen LogP contribution in [0.5, 0.6) is 0 Å². The minimum absolute atomic E-state index is 0.161. The highest BCUT2D eigenvalue weighted by Crippen LogP contribution is 2.21. The van der Waals surface area contributed by atoms with E-state index in [-0.39, 0.29) is 11.8 Å². The number of piperidine rings is 1. The Labute approximate surface area is 195 Å². The first-order valence-electron chi connectivity index (χ1n) is 11.0. The van der Waals surface area contributed by atoms with Gasteiger partial charge in [0, 0.05) is 26.1 Å². The Morgan fingerprint density at radius 2 is 1.45 bits per heavy atom. The van der Waals surface area contributed by atoms with E-state index in [1.165, 1.54) is 16.7 Å². The number of hydrogen-bond acceptors (Lipinski definition) is 4. The number of likely N-dealkylation sites (tertiary alicyclic amines) is 1. The molecule has 1 heterocycles. The maximum absolute atomic E-state index is 12.8. The molecular weight excluding hydrogens is 420 g/mol. The first-order chi connectivity index (χ1) is 15.8. The summed E-state index contributed by atoms with van der Waals surface area (Å²) in [6.45, 7) is 5.86. The maximum Gasteiger partial charge on any atom is 0.414 e. The highest BCUT2D eigenvalue weighted by molar-refractivity contribution is 6.27. The molecule has 0 unspecified atom stereocenters. The number of carboxylic acid groups (broad SMARTS) is 2. The van der Waals surface area contributed by atoms with Crippen molar-refractivity contribution in [1.29, 1.82) is 0 Å². The molecule has 2 N–H and O–H groups in total. The van der Waals surface area contributed by atoms with Gasteiger partial charge in [-0.3, -0.25) is 9.69 Å². The van der Waals surface area contributed by atoms with E-state index in [0.29, 0.717) is 6.54 Å². The number of hydrogen-bond donors (Lipinski definition) is 2. The van der Waals surface area contributed by atoms with E-state index in [0.717, 1.165) is 32.5 Å². The summed E-state index contributed by atoms with van der Waals surface area (Å²) in [7, 11) is 1.93. The van der Waals surface area contributed by atoms with Crippen LogP contribution in [0, 0.1) is 5.92 Å². The monoisotopic (exact) mass is 452 g/mol. The van der Waals surface area contributed by atoms with Crippen LogP contribution in [0.4, 0.5) is 0 Å². The molecule has 7 heteroatoms. The Balaban J connectivity index is 0.000000569. The van der Waals surface area contributed by atoms with Gasteiger partial charge in [0.25, 0.3) is 0 Å². The Hall–Kier alpha value is -3.45. The average Bonchev–Trinajstić information content (AvgIpc) is 2.80. The van der Waals surface area contributed by atoms with E-state index < -0.39 is 11.9 Å². The van der Waals surface area contributed by atoms with Gasteiger partial charge in [-0.05, 0) is 44.0 Å². The number of aliphatic carboxylic acids is 2. The minimum Gasteiger partial charge on any atom is -0.473 e. The summed E-state index contributed by atoms with van der Waals surface area (Å²) in [5.74, 6) is -3.20. The number of amides is 1. The molecule has 0 radical (unpaired) electrons. The van der Waals surface area contributed by atoms with Gasteiger partial charge in [0.2, 0.25) is 5.91 Å². The molecule has 0 aromatic heterocycles. The molecule has 1 fully saturated rings. The molecule has 3 rings (SSSR count). The van der Waals surface area contributed by atoms with Crippen LogP contribution in [0.1, 0.15) is 30.9 Å². The van der Waals surface area contributed by atoms with Crippen LogP contribution in [-0.2, 0) is 20.9 Å². The number of rotatable bonds is 6. The van der Waals surface area contributed by atoms with Gasteiger partial charge in [-0.2, -0.15) is 0 Å². The Morgan fingerprint density at radius 3 is 1.97 bits per heavy atom. The zero-order valence-electron chi connectivity index (χ0n) is 19.2. The molecule has 0 spiro atoms. The van der Waals surface area contributed by atoms with Gasteiger partial charge < -0.3 is 15.1 Å². The molecule has 0 aliphatic carbocycles. The molecule has 176 valence electrons. The van der Waals surface area contributed by atoms with Crippen LogP contribution >= 0.6 is 0 Å². The van der Waals surface area contributed by atoms with Crippen molar-refractivity contribution >= 4 is 23.9 Å². The summed E-state index contributed by atoms with van der Waals surface area (Å²) in [6.07, 6.45) is 4.16. The number of carbonyl (C=O) groups is 3. The molecule has 1 aliphatic rings. The van der Waals surface area contributed by atoms with Crippen LogP contribution in [0.3, 0.4) is 0 Å². The first kappa shape index (κ1) is 25.8. The molecule has 0 bridgehead atoms. The van der Waals surface area contributed by atoms with E-state index in [2.05, 4.69) is 54.3 Å². The van der Waals surface area contributed by atoms with Crippen LogP contribution in [0.15, 0.2) is 66.2 Å². The number of carboxylic acids is 2. The summed E-state index contributed by atoms with van der Waals surface area (Å²) in [5, 5.41) is 14.8. The number of nitrogens with zero attached hydrogens (tertiary/aromatic N) is 2. The third-order valence-electron chi connectivity index (χ3n) is 5.44. The van der Waals surface area contributed by atoms with E-state index in [9.17, 15) is 4.79 Å².